The number of hydrogen-bond acceptors (Lipinski definition) is 4. The Morgan fingerprint density at radius 3 is 2.60 bits per heavy atom. The lowest BCUT2D eigenvalue weighted by molar-refractivity contribution is -0.137. The fourth-order valence-electron chi connectivity index (χ4n) is 1.78. The van der Waals surface area contributed by atoms with Crippen molar-refractivity contribution in [2.45, 2.75) is 12.8 Å². The van der Waals surface area contributed by atoms with Crippen molar-refractivity contribution in [2.75, 3.05) is 6.54 Å². The molecular weight excluding hydrogens is 278 g/mol. The topological polar surface area (TPSA) is 74.7 Å². The third-order valence-electron chi connectivity index (χ3n) is 2.74. The van der Waals surface area contributed by atoms with Crippen molar-refractivity contribution in [2.24, 2.45) is 0 Å². The van der Waals surface area contributed by atoms with Crippen molar-refractivity contribution in [3.63, 3.8) is 0 Å². The summed E-state index contributed by atoms with van der Waals surface area (Å²) < 4.78 is 0. The number of imide groups is 1. The zero-order valence-corrected chi connectivity index (χ0v) is 11.4. The van der Waals surface area contributed by atoms with Crippen molar-refractivity contribution in [1.82, 2.24) is 4.90 Å². The molecule has 1 N–H and O–H groups in total. The van der Waals surface area contributed by atoms with Gasteiger partial charge >= 0.3 is 5.97 Å². The number of aliphatic carboxylic acids is 1. The number of benzene rings is 1. The molecule has 5 nitrogen and oxygen atoms in total. The van der Waals surface area contributed by atoms with E-state index in [0.29, 0.717) is 4.91 Å². The highest BCUT2D eigenvalue weighted by Gasteiger charge is 2.34. The molecule has 1 fully saturated rings. The van der Waals surface area contributed by atoms with Crippen molar-refractivity contribution in [1.29, 1.82) is 0 Å². The van der Waals surface area contributed by atoms with Crippen LogP contribution in [0.2, 0.25) is 0 Å². The molecule has 0 aromatic heterocycles. The first kappa shape index (κ1) is 14.3. The van der Waals surface area contributed by atoms with E-state index in [9.17, 15) is 14.4 Å². The summed E-state index contributed by atoms with van der Waals surface area (Å²) >= 11 is 0.887. The van der Waals surface area contributed by atoms with Gasteiger partial charge in [0.05, 0.1) is 4.91 Å². The normalized spacial score (nSPS) is 17.0. The van der Waals surface area contributed by atoms with Crippen LogP contribution in [0, 0.1) is 0 Å². The van der Waals surface area contributed by atoms with Gasteiger partial charge in [0.15, 0.2) is 0 Å². The van der Waals surface area contributed by atoms with Crippen LogP contribution in [0.4, 0.5) is 4.79 Å². The Kier molecular flexibility index (Phi) is 4.57. The SMILES string of the molecule is O=C(O)CCCN1C(=O)S/C(=C\c2ccccc2)C1=O. The molecule has 0 aliphatic carbocycles. The van der Waals surface area contributed by atoms with Crippen molar-refractivity contribution >= 4 is 35.0 Å². The lowest BCUT2D eigenvalue weighted by atomic mass is 10.2. The lowest BCUT2D eigenvalue weighted by Gasteiger charge is -2.10. The molecule has 2 amide bonds. The zero-order chi connectivity index (χ0) is 14.5. The molecule has 6 heteroatoms. The molecule has 1 saturated heterocycles. The maximum Gasteiger partial charge on any atom is 0.303 e. The Hall–Kier alpha value is -2.08. The van der Waals surface area contributed by atoms with Crippen LogP contribution in [0.25, 0.3) is 6.08 Å². The summed E-state index contributed by atoms with van der Waals surface area (Å²) in [5.41, 5.74) is 0.850. The number of nitrogens with zero attached hydrogens (tertiary/aromatic N) is 1. The van der Waals surface area contributed by atoms with Gasteiger partial charge in [-0.1, -0.05) is 30.3 Å². The summed E-state index contributed by atoms with van der Waals surface area (Å²) in [4.78, 5) is 35.7. The second-order valence-electron chi connectivity index (χ2n) is 4.24. The van der Waals surface area contributed by atoms with Gasteiger partial charge < -0.3 is 5.11 Å². The predicted octanol–water partition coefficient (Wildman–Crippen LogP) is 2.59. The second-order valence-corrected chi connectivity index (χ2v) is 5.23. The molecule has 0 bridgehead atoms. The Morgan fingerprint density at radius 2 is 1.95 bits per heavy atom. The van der Waals surface area contributed by atoms with E-state index in [1.165, 1.54) is 0 Å². The molecule has 0 unspecified atom stereocenters. The van der Waals surface area contributed by atoms with Gasteiger partial charge in [-0.3, -0.25) is 19.3 Å². The molecule has 1 aliphatic heterocycles. The van der Waals surface area contributed by atoms with Gasteiger partial charge in [-0.25, -0.2) is 0 Å². The van der Waals surface area contributed by atoms with E-state index in [-0.39, 0.29) is 30.5 Å². The van der Waals surface area contributed by atoms with Crippen LogP contribution in [0.1, 0.15) is 18.4 Å². The third-order valence-corrected chi connectivity index (χ3v) is 3.65. The van der Waals surface area contributed by atoms with Gasteiger partial charge in [-0.2, -0.15) is 0 Å². The van der Waals surface area contributed by atoms with Gasteiger partial charge in [0.25, 0.3) is 11.1 Å². The second kappa shape index (κ2) is 6.38. The average molecular weight is 291 g/mol. The summed E-state index contributed by atoms with van der Waals surface area (Å²) in [6, 6.07) is 9.26. The number of amides is 2. The fourth-order valence-corrected chi connectivity index (χ4v) is 2.65. The number of carbonyl (C=O) groups excluding carboxylic acids is 2. The number of rotatable bonds is 5. The molecule has 1 aromatic carbocycles. The van der Waals surface area contributed by atoms with Crippen LogP contribution in [0.5, 0.6) is 0 Å². The molecule has 2 rings (SSSR count). The number of thioether (sulfide) groups is 1. The molecular formula is C14H13NO4S. The lowest BCUT2D eigenvalue weighted by Crippen LogP contribution is -2.29. The molecule has 0 saturated carbocycles. The summed E-state index contributed by atoms with van der Waals surface area (Å²) in [6.45, 7) is 0.142. The quantitative estimate of drug-likeness (QED) is 0.844. The van der Waals surface area contributed by atoms with Crippen LogP contribution in [-0.2, 0) is 9.59 Å². The van der Waals surface area contributed by atoms with Crippen molar-refractivity contribution in [3.8, 4) is 0 Å². The van der Waals surface area contributed by atoms with Crippen LogP contribution in [0.15, 0.2) is 35.2 Å². The minimum Gasteiger partial charge on any atom is -0.481 e. The summed E-state index contributed by atoms with van der Waals surface area (Å²) in [7, 11) is 0. The number of carbonyl (C=O) groups is 3. The molecule has 104 valence electrons. The summed E-state index contributed by atoms with van der Waals surface area (Å²) in [6.07, 6.45) is 1.88. The highest BCUT2D eigenvalue weighted by atomic mass is 32.2. The largest absolute Gasteiger partial charge is 0.481 e. The molecule has 0 spiro atoms. The Balaban J connectivity index is 2.05. The van der Waals surface area contributed by atoms with E-state index in [0.717, 1.165) is 22.2 Å². The van der Waals surface area contributed by atoms with Crippen LogP contribution >= 0.6 is 11.8 Å². The van der Waals surface area contributed by atoms with Gasteiger partial charge in [0, 0.05) is 13.0 Å². The van der Waals surface area contributed by atoms with Crippen molar-refractivity contribution in [3.05, 3.63) is 40.8 Å². The van der Waals surface area contributed by atoms with Gasteiger partial charge in [0.2, 0.25) is 0 Å². The van der Waals surface area contributed by atoms with Gasteiger partial charge in [0.1, 0.15) is 0 Å². The van der Waals surface area contributed by atoms with E-state index in [1.54, 1.807) is 6.08 Å². The highest BCUT2D eigenvalue weighted by Crippen LogP contribution is 2.32. The first-order chi connectivity index (χ1) is 9.58. The van der Waals surface area contributed by atoms with Crippen LogP contribution in [0.3, 0.4) is 0 Å². The minimum absolute atomic E-state index is 0.0561. The maximum atomic E-state index is 12.1. The maximum absolute atomic E-state index is 12.1. The third kappa shape index (κ3) is 3.48. The highest BCUT2D eigenvalue weighted by molar-refractivity contribution is 8.18. The molecule has 20 heavy (non-hydrogen) atoms. The van der Waals surface area contributed by atoms with E-state index in [1.807, 2.05) is 30.3 Å². The molecule has 1 aromatic rings. The van der Waals surface area contributed by atoms with E-state index in [4.69, 9.17) is 5.11 Å². The first-order valence-electron chi connectivity index (χ1n) is 6.10. The number of carboxylic acids is 1. The van der Waals surface area contributed by atoms with E-state index < -0.39 is 5.97 Å². The van der Waals surface area contributed by atoms with E-state index in [2.05, 4.69) is 0 Å². The van der Waals surface area contributed by atoms with Crippen molar-refractivity contribution < 1.29 is 19.5 Å². The Labute approximate surface area is 120 Å². The number of hydrogen-bond donors (Lipinski definition) is 1. The average Bonchev–Trinajstić information content (AvgIpc) is 2.67. The molecule has 0 radical (unpaired) electrons. The van der Waals surface area contributed by atoms with Crippen LogP contribution in [-0.4, -0.2) is 33.7 Å². The van der Waals surface area contributed by atoms with Gasteiger partial charge in [-0.05, 0) is 29.8 Å². The van der Waals surface area contributed by atoms with E-state index >= 15 is 0 Å². The minimum atomic E-state index is -0.934. The summed E-state index contributed by atoms with van der Waals surface area (Å²) in [5.74, 6) is -1.29. The summed E-state index contributed by atoms with van der Waals surface area (Å²) in [5, 5.41) is 8.22. The standard InChI is InChI=1S/C14H13NO4S/c16-12(17)7-4-8-15-13(18)11(20-14(15)19)9-10-5-2-1-3-6-10/h1-3,5-6,9H,4,7-8H2,(H,16,17)/b11-9-. The Bertz CT molecular complexity index is 568. The fraction of sp³-hybridized carbons (Fsp3) is 0.214. The molecule has 1 heterocycles. The Morgan fingerprint density at radius 1 is 1.25 bits per heavy atom. The zero-order valence-electron chi connectivity index (χ0n) is 10.6. The molecule has 1 aliphatic rings. The van der Waals surface area contributed by atoms with Gasteiger partial charge in [-0.15, -0.1) is 0 Å². The predicted molar refractivity (Wildman–Crippen MR) is 76.0 cm³/mol. The van der Waals surface area contributed by atoms with Crippen LogP contribution < -0.4 is 0 Å². The smallest absolute Gasteiger partial charge is 0.303 e. The first-order valence-corrected chi connectivity index (χ1v) is 6.92. The monoisotopic (exact) mass is 291 g/mol. The molecule has 0 atom stereocenters. The number of carboxylic acid groups (broad SMARTS) is 1.